The van der Waals surface area contributed by atoms with Gasteiger partial charge in [0.1, 0.15) is 11.1 Å². The first-order chi connectivity index (χ1) is 16.9. The minimum atomic E-state index is -4.35. The molecule has 0 amide bonds. The van der Waals surface area contributed by atoms with Crippen LogP contribution in [-0.2, 0) is 10.1 Å². The molecule has 188 valence electrons. The van der Waals surface area contributed by atoms with Crippen molar-refractivity contribution in [3.8, 4) is 0 Å². The van der Waals surface area contributed by atoms with Crippen molar-refractivity contribution in [2.24, 2.45) is 4.99 Å². The average molecular weight is 514 g/mol. The summed E-state index contributed by atoms with van der Waals surface area (Å²) in [4.78, 5) is 11.3. The number of nitrogens with zero attached hydrogens (tertiary/aromatic N) is 3. The third-order valence-corrected chi connectivity index (χ3v) is 8.79. The smallest absolute Gasteiger partial charge is 0.275 e. The minimum Gasteiger partial charge on any atom is -0.355 e. The number of fused-ring (bicyclic) bond motifs is 2. The second-order valence-electron chi connectivity index (χ2n) is 9.05. The molecule has 2 aromatic rings. The van der Waals surface area contributed by atoms with Crippen molar-refractivity contribution in [1.29, 1.82) is 0 Å². The second-order valence-corrected chi connectivity index (χ2v) is 11.7. The summed E-state index contributed by atoms with van der Waals surface area (Å²) >= 11 is 1.72. The molecule has 35 heavy (non-hydrogen) atoms. The largest absolute Gasteiger partial charge is 0.355 e. The van der Waals surface area contributed by atoms with E-state index in [0.29, 0.717) is 18.9 Å². The van der Waals surface area contributed by atoms with Gasteiger partial charge in [-0.3, -0.25) is 4.55 Å². The van der Waals surface area contributed by atoms with Crippen molar-refractivity contribution >= 4 is 39.1 Å². The van der Waals surface area contributed by atoms with E-state index in [9.17, 15) is 13.0 Å². The van der Waals surface area contributed by atoms with Gasteiger partial charge in [-0.25, -0.2) is 4.99 Å². The summed E-state index contributed by atoms with van der Waals surface area (Å²) < 4.78 is 35.9. The number of anilines is 2. The number of aliphatic imine (C=N–C) groups is 1. The van der Waals surface area contributed by atoms with Crippen molar-refractivity contribution < 1.29 is 13.0 Å². The summed E-state index contributed by atoms with van der Waals surface area (Å²) in [7, 11) is -4.35. The van der Waals surface area contributed by atoms with Gasteiger partial charge in [0.05, 0.1) is 11.4 Å². The fraction of sp³-hybridized carbons (Fsp3) is 0.444. The highest BCUT2D eigenvalue weighted by Crippen LogP contribution is 2.47. The summed E-state index contributed by atoms with van der Waals surface area (Å²) in [6.45, 7) is 6.07. The molecule has 8 heteroatoms. The molecule has 2 aliphatic heterocycles. The minimum absolute atomic E-state index is 0.245. The van der Waals surface area contributed by atoms with E-state index in [1.165, 1.54) is 0 Å². The summed E-state index contributed by atoms with van der Waals surface area (Å²) in [6, 6.07) is 16.4. The zero-order valence-corrected chi connectivity index (χ0v) is 22.2. The van der Waals surface area contributed by atoms with E-state index in [2.05, 4.69) is 49.1 Å². The molecule has 6 nitrogen and oxygen atoms in total. The first kappa shape index (κ1) is 25.8. The van der Waals surface area contributed by atoms with Gasteiger partial charge in [-0.1, -0.05) is 62.7 Å². The number of allylic oxidation sites excluding steroid dienone is 1. The Hall–Kier alpha value is -2.29. The van der Waals surface area contributed by atoms with Crippen molar-refractivity contribution in [3.05, 3.63) is 60.3 Å². The zero-order chi connectivity index (χ0) is 24.8. The van der Waals surface area contributed by atoms with Crippen LogP contribution in [0.1, 0.15) is 52.4 Å². The highest BCUT2D eigenvalue weighted by Gasteiger charge is 2.35. The third kappa shape index (κ3) is 6.11. The first-order valence-corrected chi connectivity index (χ1v) is 14.9. The van der Waals surface area contributed by atoms with Crippen LogP contribution < -0.4 is 4.90 Å². The number of amidine groups is 1. The normalized spacial score (nSPS) is 16.3. The van der Waals surface area contributed by atoms with Gasteiger partial charge in [0, 0.05) is 35.1 Å². The summed E-state index contributed by atoms with van der Waals surface area (Å²) in [5.74, 6) is 0.488. The Morgan fingerprint density at radius 1 is 0.971 bits per heavy atom. The van der Waals surface area contributed by atoms with Crippen molar-refractivity contribution in [3.63, 3.8) is 0 Å². The second kappa shape index (κ2) is 11.6. The molecule has 2 heterocycles. The third-order valence-electron chi connectivity index (χ3n) is 6.49. The van der Waals surface area contributed by atoms with Crippen LogP contribution in [0.5, 0.6) is 0 Å². The van der Waals surface area contributed by atoms with Crippen LogP contribution in [0, 0.1) is 0 Å². The van der Waals surface area contributed by atoms with Gasteiger partial charge in [-0.15, -0.1) is 0 Å². The van der Waals surface area contributed by atoms with Crippen molar-refractivity contribution in [2.75, 3.05) is 24.5 Å². The molecule has 1 N–H and O–H groups in total. The van der Waals surface area contributed by atoms with Crippen LogP contribution in [0.4, 0.5) is 11.4 Å². The summed E-state index contributed by atoms with van der Waals surface area (Å²) in [5.41, 5.74) is 3.04. The van der Waals surface area contributed by atoms with Crippen LogP contribution in [-0.4, -0.2) is 48.6 Å². The number of hydrogen-bond acceptors (Lipinski definition) is 6. The quantitative estimate of drug-likeness (QED) is 0.345. The van der Waals surface area contributed by atoms with Crippen LogP contribution in [0.15, 0.2) is 75.1 Å². The first-order valence-electron chi connectivity index (χ1n) is 12.5. The SMILES string of the molecule is CCCCC1=CCN(CCCC)C(C(CCN2c3ccccc3Sc3ccccc32)S(=O)(=O)O)=N1. The molecule has 0 bridgehead atoms. The van der Waals surface area contributed by atoms with E-state index < -0.39 is 15.4 Å². The molecule has 0 spiro atoms. The Bertz CT molecular complexity index is 1150. The van der Waals surface area contributed by atoms with E-state index in [1.54, 1.807) is 11.8 Å². The molecular formula is C27H35N3O3S2. The topological polar surface area (TPSA) is 73.2 Å². The maximum Gasteiger partial charge on any atom is 0.275 e. The molecule has 0 aliphatic carbocycles. The highest BCUT2D eigenvalue weighted by atomic mass is 32.2. The molecule has 0 radical (unpaired) electrons. The molecule has 1 unspecified atom stereocenters. The van der Waals surface area contributed by atoms with E-state index >= 15 is 0 Å². The molecule has 2 aromatic carbocycles. The van der Waals surface area contributed by atoms with E-state index in [4.69, 9.17) is 4.99 Å². The molecule has 0 fully saturated rings. The molecule has 2 aliphatic rings. The maximum absolute atomic E-state index is 12.7. The Kier molecular flexibility index (Phi) is 8.57. The lowest BCUT2D eigenvalue weighted by molar-refractivity contribution is 0.418. The molecule has 1 atom stereocenters. The van der Waals surface area contributed by atoms with Gasteiger partial charge < -0.3 is 9.80 Å². The molecule has 0 saturated heterocycles. The van der Waals surface area contributed by atoms with Crippen LogP contribution >= 0.6 is 11.8 Å². The zero-order valence-electron chi connectivity index (χ0n) is 20.6. The van der Waals surface area contributed by atoms with E-state index in [1.807, 2.05) is 29.2 Å². The fourth-order valence-corrected chi connectivity index (χ4v) is 6.57. The Labute approximate surface area is 213 Å². The van der Waals surface area contributed by atoms with Crippen LogP contribution in [0.25, 0.3) is 0 Å². The predicted molar refractivity (Wildman–Crippen MR) is 145 cm³/mol. The lowest BCUT2D eigenvalue weighted by Gasteiger charge is -2.35. The van der Waals surface area contributed by atoms with Gasteiger partial charge in [-0.05, 0) is 56.0 Å². The van der Waals surface area contributed by atoms with Gasteiger partial charge in [0.25, 0.3) is 10.1 Å². The average Bonchev–Trinajstić information content (AvgIpc) is 2.85. The van der Waals surface area contributed by atoms with E-state index in [-0.39, 0.29) is 6.42 Å². The summed E-state index contributed by atoms with van der Waals surface area (Å²) in [6.07, 6.45) is 7.18. The van der Waals surface area contributed by atoms with Gasteiger partial charge >= 0.3 is 0 Å². The van der Waals surface area contributed by atoms with Crippen LogP contribution in [0.2, 0.25) is 0 Å². The van der Waals surface area contributed by atoms with Crippen LogP contribution in [0.3, 0.4) is 0 Å². The Morgan fingerprint density at radius 2 is 1.60 bits per heavy atom. The number of rotatable bonds is 11. The Morgan fingerprint density at radius 3 is 2.20 bits per heavy atom. The molecule has 0 aromatic heterocycles. The van der Waals surface area contributed by atoms with Gasteiger partial charge in [0.15, 0.2) is 0 Å². The summed E-state index contributed by atoms with van der Waals surface area (Å²) in [5, 5.41) is -1.07. The van der Waals surface area contributed by atoms with Crippen molar-refractivity contribution in [1.82, 2.24) is 4.90 Å². The maximum atomic E-state index is 12.7. The number of unbranched alkanes of at least 4 members (excludes halogenated alkanes) is 2. The van der Waals surface area contributed by atoms with E-state index in [0.717, 1.165) is 65.5 Å². The monoisotopic (exact) mass is 513 g/mol. The number of hydrogen-bond donors (Lipinski definition) is 1. The predicted octanol–water partition coefficient (Wildman–Crippen LogP) is 6.52. The van der Waals surface area contributed by atoms with Gasteiger partial charge in [-0.2, -0.15) is 8.42 Å². The Balaban J connectivity index is 1.65. The lowest BCUT2D eigenvalue weighted by Crippen LogP contribution is -2.46. The van der Waals surface area contributed by atoms with Gasteiger partial charge in [0.2, 0.25) is 0 Å². The lowest BCUT2D eigenvalue weighted by atomic mass is 10.1. The van der Waals surface area contributed by atoms with Crippen molar-refractivity contribution in [2.45, 2.75) is 67.4 Å². The molecule has 0 saturated carbocycles. The number of para-hydroxylation sites is 2. The fourth-order valence-electron chi connectivity index (χ4n) is 4.60. The number of benzene rings is 2. The highest BCUT2D eigenvalue weighted by molar-refractivity contribution is 7.99. The standard InChI is InChI=1S/C27H35N3O3S2/c1-3-5-11-21-16-19-29(18-6-4-2)27(28-21)26(35(31,32)33)17-20-30-22-12-7-9-14-24(22)34-25-15-10-8-13-23(25)30/h7-10,12-16,26H,3-6,11,17-20H2,1-2H3,(H,31,32,33). The molecule has 4 rings (SSSR count). The molecular weight excluding hydrogens is 478 g/mol.